The Hall–Kier alpha value is -2.34. The maximum absolute atomic E-state index is 8.75. The van der Waals surface area contributed by atoms with Gasteiger partial charge >= 0.3 is 0 Å². The van der Waals surface area contributed by atoms with E-state index in [0.29, 0.717) is 5.69 Å². The zero-order valence-corrected chi connectivity index (χ0v) is 7.86. The summed E-state index contributed by atoms with van der Waals surface area (Å²) in [5.74, 6) is 0. The van der Waals surface area contributed by atoms with Crippen LogP contribution in [0, 0.1) is 11.3 Å². The van der Waals surface area contributed by atoms with E-state index in [1.165, 1.54) is 0 Å². The first-order valence-corrected chi connectivity index (χ1v) is 4.65. The summed E-state index contributed by atoms with van der Waals surface area (Å²) < 4.78 is 0. The summed E-state index contributed by atoms with van der Waals surface area (Å²) in [6.07, 6.45) is 1.74. The third kappa shape index (κ3) is 1.09. The molecule has 0 aliphatic rings. The van der Waals surface area contributed by atoms with Crippen LogP contribution in [0.3, 0.4) is 0 Å². The average Bonchev–Trinajstić information content (AvgIpc) is 2.66. The van der Waals surface area contributed by atoms with Gasteiger partial charge < -0.3 is 4.98 Å². The molecule has 3 rings (SSSR count). The van der Waals surface area contributed by atoms with Gasteiger partial charge in [0.05, 0.1) is 5.52 Å². The predicted octanol–water partition coefficient (Wildman–Crippen LogP) is 2.59. The van der Waals surface area contributed by atoms with Gasteiger partial charge in [-0.3, -0.25) is 0 Å². The van der Waals surface area contributed by atoms with Crippen LogP contribution in [0.25, 0.3) is 21.8 Å². The monoisotopic (exact) mass is 193 g/mol. The number of aromatic nitrogens is 2. The second-order valence-electron chi connectivity index (χ2n) is 3.40. The van der Waals surface area contributed by atoms with Crippen molar-refractivity contribution < 1.29 is 0 Å². The summed E-state index contributed by atoms with van der Waals surface area (Å²) in [5.41, 5.74) is 2.47. The molecule has 1 N–H and O–H groups in total. The van der Waals surface area contributed by atoms with Gasteiger partial charge in [0.25, 0.3) is 0 Å². The molecule has 0 saturated heterocycles. The van der Waals surface area contributed by atoms with Crippen molar-refractivity contribution in [2.75, 3.05) is 0 Å². The van der Waals surface area contributed by atoms with Crippen molar-refractivity contribution in [3.63, 3.8) is 0 Å². The number of hydrogen-bond donors (Lipinski definition) is 1. The summed E-state index contributed by atoms with van der Waals surface area (Å²) in [7, 11) is 0. The van der Waals surface area contributed by atoms with Crippen molar-refractivity contribution >= 4 is 21.8 Å². The number of para-hydroxylation sites is 1. The van der Waals surface area contributed by atoms with E-state index in [1.807, 2.05) is 30.3 Å². The fourth-order valence-electron chi connectivity index (χ4n) is 1.81. The number of nitrogens with zero attached hydrogens (tertiary/aromatic N) is 2. The predicted molar refractivity (Wildman–Crippen MR) is 58.3 cm³/mol. The van der Waals surface area contributed by atoms with Crippen LogP contribution in [0.5, 0.6) is 0 Å². The molecule has 3 aromatic rings. The Labute approximate surface area is 86.0 Å². The first-order chi connectivity index (χ1) is 7.38. The molecule has 2 aromatic heterocycles. The van der Waals surface area contributed by atoms with Gasteiger partial charge in [0.15, 0.2) is 0 Å². The maximum atomic E-state index is 8.75. The Morgan fingerprint density at radius 2 is 2.00 bits per heavy atom. The molecule has 0 fully saturated rings. The standard InChI is InChI=1S/C12H7N3/c13-6-8-5-12-10(7-14-8)9-3-1-2-4-11(9)15-12/h1-5,7,15H. The molecule has 0 unspecified atom stereocenters. The highest BCUT2D eigenvalue weighted by atomic mass is 14.7. The highest BCUT2D eigenvalue weighted by Gasteiger charge is 2.04. The third-order valence-electron chi connectivity index (χ3n) is 2.51. The normalized spacial score (nSPS) is 10.6. The van der Waals surface area contributed by atoms with Crippen LogP contribution in [0.1, 0.15) is 5.69 Å². The molecule has 0 saturated carbocycles. The lowest BCUT2D eigenvalue weighted by atomic mass is 10.2. The first kappa shape index (κ1) is 8.01. The lowest BCUT2D eigenvalue weighted by Crippen LogP contribution is -1.79. The van der Waals surface area contributed by atoms with Gasteiger partial charge in [-0.25, -0.2) is 4.98 Å². The molecule has 3 nitrogen and oxygen atoms in total. The molecule has 0 aliphatic heterocycles. The summed E-state index contributed by atoms with van der Waals surface area (Å²) in [5, 5.41) is 10.9. The lowest BCUT2D eigenvalue weighted by Gasteiger charge is -1.89. The molecule has 70 valence electrons. The van der Waals surface area contributed by atoms with Gasteiger partial charge in [0, 0.05) is 22.5 Å². The second kappa shape index (κ2) is 2.82. The summed E-state index contributed by atoms with van der Waals surface area (Å²) in [6.45, 7) is 0. The van der Waals surface area contributed by atoms with Crippen molar-refractivity contribution in [1.29, 1.82) is 5.26 Å². The molecule has 0 aliphatic carbocycles. The van der Waals surface area contributed by atoms with Crippen molar-refractivity contribution in [2.45, 2.75) is 0 Å². The van der Waals surface area contributed by atoms with Crippen molar-refractivity contribution in [2.24, 2.45) is 0 Å². The minimum Gasteiger partial charge on any atom is -0.354 e. The quantitative estimate of drug-likeness (QED) is 0.596. The number of nitriles is 1. The largest absolute Gasteiger partial charge is 0.354 e. The number of pyridine rings is 1. The van der Waals surface area contributed by atoms with Crippen molar-refractivity contribution in [3.8, 4) is 6.07 Å². The van der Waals surface area contributed by atoms with E-state index >= 15 is 0 Å². The van der Waals surface area contributed by atoms with Gasteiger partial charge in [-0.15, -0.1) is 0 Å². The maximum Gasteiger partial charge on any atom is 0.142 e. The smallest absolute Gasteiger partial charge is 0.142 e. The number of H-pyrrole nitrogens is 1. The molecule has 3 heteroatoms. The van der Waals surface area contributed by atoms with E-state index in [4.69, 9.17) is 5.26 Å². The molecule has 15 heavy (non-hydrogen) atoms. The molecule has 0 radical (unpaired) electrons. The van der Waals surface area contributed by atoms with Gasteiger partial charge in [0.1, 0.15) is 11.8 Å². The Bertz CT molecular complexity index is 689. The fourth-order valence-corrected chi connectivity index (χ4v) is 1.81. The van der Waals surface area contributed by atoms with E-state index in [0.717, 1.165) is 21.8 Å². The molecule has 1 aromatic carbocycles. The number of hydrogen-bond acceptors (Lipinski definition) is 2. The van der Waals surface area contributed by atoms with Crippen LogP contribution in [0.4, 0.5) is 0 Å². The average molecular weight is 193 g/mol. The molecule has 2 heterocycles. The zero-order chi connectivity index (χ0) is 10.3. The van der Waals surface area contributed by atoms with Crippen LogP contribution >= 0.6 is 0 Å². The second-order valence-corrected chi connectivity index (χ2v) is 3.40. The van der Waals surface area contributed by atoms with E-state index in [-0.39, 0.29) is 0 Å². The van der Waals surface area contributed by atoms with Crippen LogP contribution in [-0.2, 0) is 0 Å². The Kier molecular flexibility index (Phi) is 1.51. The van der Waals surface area contributed by atoms with Gasteiger partial charge in [-0.2, -0.15) is 5.26 Å². The molecule has 0 bridgehead atoms. The summed E-state index contributed by atoms with van der Waals surface area (Å²) in [6, 6.07) is 11.8. The van der Waals surface area contributed by atoms with E-state index in [9.17, 15) is 0 Å². The first-order valence-electron chi connectivity index (χ1n) is 4.65. The van der Waals surface area contributed by atoms with E-state index in [1.54, 1.807) is 12.3 Å². The molecule has 0 spiro atoms. The highest BCUT2D eigenvalue weighted by molar-refractivity contribution is 6.06. The fraction of sp³-hybridized carbons (Fsp3) is 0. The van der Waals surface area contributed by atoms with Crippen LogP contribution in [0.15, 0.2) is 36.5 Å². The number of rotatable bonds is 0. The van der Waals surface area contributed by atoms with Crippen LogP contribution in [0.2, 0.25) is 0 Å². The lowest BCUT2D eigenvalue weighted by molar-refractivity contribution is 1.29. The minimum atomic E-state index is 0.439. The topological polar surface area (TPSA) is 52.5 Å². The summed E-state index contributed by atoms with van der Waals surface area (Å²) in [4.78, 5) is 7.33. The number of fused-ring (bicyclic) bond motifs is 3. The summed E-state index contributed by atoms with van der Waals surface area (Å²) >= 11 is 0. The Morgan fingerprint density at radius 1 is 1.13 bits per heavy atom. The number of nitrogens with one attached hydrogen (secondary N) is 1. The van der Waals surface area contributed by atoms with Crippen LogP contribution in [-0.4, -0.2) is 9.97 Å². The molecular formula is C12H7N3. The molecular weight excluding hydrogens is 186 g/mol. The van der Waals surface area contributed by atoms with E-state index in [2.05, 4.69) is 9.97 Å². The Balaban J connectivity index is 2.50. The minimum absolute atomic E-state index is 0.439. The Morgan fingerprint density at radius 3 is 2.87 bits per heavy atom. The van der Waals surface area contributed by atoms with Crippen molar-refractivity contribution in [3.05, 3.63) is 42.2 Å². The molecule has 0 atom stereocenters. The highest BCUT2D eigenvalue weighted by Crippen LogP contribution is 2.24. The number of benzene rings is 1. The zero-order valence-electron chi connectivity index (χ0n) is 7.86. The third-order valence-corrected chi connectivity index (χ3v) is 2.51. The van der Waals surface area contributed by atoms with Crippen LogP contribution < -0.4 is 0 Å². The SMILES string of the molecule is N#Cc1cc2[nH]c3ccccc3c2cn1. The van der Waals surface area contributed by atoms with Gasteiger partial charge in [0.2, 0.25) is 0 Å². The van der Waals surface area contributed by atoms with E-state index < -0.39 is 0 Å². The van der Waals surface area contributed by atoms with Gasteiger partial charge in [-0.1, -0.05) is 18.2 Å². The van der Waals surface area contributed by atoms with Crippen molar-refractivity contribution in [1.82, 2.24) is 9.97 Å². The van der Waals surface area contributed by atoms with Gasteiger partial charge in [-0.05, 0) is 12.1 Å². The molecule has 0 amide bonds. The number of aromatic amines is 1.